The predicted octanol–water partition coefficient (Wildman–Crippen LogP) is 4.66. The van der Waals surface area contributed by atoms with Crippen molar-refractivity contribution in [3.8, 4) is 0 Å². The Labute approximate surface area is 175 Å². The molecule has 0 saturated heterocycles. The van der Waals surface area contributed by atoms with E-state index in [9.17, 15) is 10.2 Å². The highest BCUT2D eigenvalue weighted by molar-refractivity contribution is 5.29. The molecule has 4 heteroatoms. The molecule has 0 spiro atoms. The highest BCUT2D eigenvalue weighted by Crippen LogP contribution is 2.59. The van der Waals surface area contributed by atoms with Crippen LogP contribution in [0.5, 0.6) is 0 Å². The van der Waals surface area contributed by atoms with Gasteiger partial charge in [0.2, 0.25) is 0 Å². The van der Waals surface area contributed by atoms with Crippen molar-refractivity contribution in [2.45, 2.75) is 77.5 Å². The van der Waals surface area contributed by atoms with Crippen molar-refractivity contribution in [1.29, 1.82) is 0 Å². The van der Waals surface area contributed by atoms with Crippen LogP contribution in [-0.4, -0.2) is 32.0 Å². The number of nitrogens with zero attached hydrogens (tertiary/aromatic N) is 2. The Hall–Kier alpha value is -1.65. The molecule has 3 fully saturated rings. The molecule has 2 N–H and O–H groups in total. The van der Waals surface area contributed by atoms with Crippen LogP contribution in [0.25, 0.3) is 0 Å². The number of hydrogen-bond donors (Lipinski definition) is 2. The fourth-order valence-electron chi connectivity index (χ4n) is 6.49. The van der Waals surface area contributed by atoms with Crippen molar-refractivity contribution in [1.82, 2.24) is 9.55 Å². The fraction of sp³-hybridized carbons (Fsp3) is 0.640. The molecule has 3 aliphatic rings. The Bertz CT molecular complexity index is 778. The first-order valence-electron chi connectivity index (χ1n) is 11.3. The molecule has 0 amide bonds. The normalized spacial score (nSPS) is 37.6. The SMILES string of the molecule is C=C1[C@H](O)CC(=C/C=C2/CCC[C@]3(C)[C@@H]([C@H](C)Cn4ccnc4)CC[C@@H]23)C[C@H]1O. The van der Waals surface area contributed by atoms with Gasteiger partial charge in [-0.05, 0) is 73.7 Å². The third-order valence-electron chi connectivity index (χ3n) is 8.08. The Morgan fingerprint density at radius 1 is 1.28 bits per heavy atom. The molecule has 0 bridgehead atoms. The van der Waals surface area contributed by atoms with E-state index in [0.717, 1.165) is 18.0 Å². The van der Waals surface area contributed by atoms with Gasteiger partial charge in [-0.25, -0.2) is 4.98 Å². The molecule has 0 aromatic carbocycles. The lowest BCUT2D eigenvalue weighted by Gasteiger charge is -2.44. The molecule has 3 saturated carbocycles. The summed E-state index contributed by atoms with van der Waals surface area (Å²) in [6, 6.07) is 0. The first-order chi connectivity index (χ1) is 13.9. The van der Waals surface area contributed by atoms with Gasteiger partial charge in [0.1, 0.15) is 0 Å². The van der Waals surface area contributed by atoms with E-state index >= 15 is 0 Å². The zero-order chi connectivity index (χ0) is 20.6. The third kappa shape index (κ3) is 4.02. The molecule has 1 aromatic rings. The lowest BCUT2D eigenvalue weighted by Crippen LogP contribution is -2.36. The molecule has 0 aliphatic heterocycles. The number of hydrogen-bond acceptors (Lipinski definition) is 3. The van der Waals surface area contributed by atoms with Crippen LogP contribution in [0.1, 0.15) is 58.8 Å². The molecule has 3 aliphatic carbocycles. The first kappa shape index (κ1) is 20.6. The minimum Gasteiger partial charge on any atom is -0.388 e. The van der Waals surface area contributed by atoms with E-state index in [1.165, 1.54) is 32.1 Å². The zero-order valence-electron chi connectivity index (χ0n) is 17.9. The topological polar surface area (TPSA) is 58.3 Å². The standard InChI is InChI=1S/C25H36N2O2/c1-17(15-27-12-11-26-16-27)21-8-9-22-20(5-4-10-25(21,22)3)7-6-19-13-23(28)18(2)24(29)14-19/h6-7,11-12,16-17,21-24,28-29H,2,4-5,8-10,13-15H2,1,3H3/b20-7-/t17-,21-,22+,23-,24-,25-/m1/s1. The van der Waals surface area contributed by atoms with Gasteiger partial charge in [-0.3, -0.25) is 0 Å². The van der Waals surface area contributed by atoms with Crippen LogP contribution < -0.4 is 0 Å². The van der Waals surface area contributed by atoms with E-state index in [1.807, 2.05) is 12.5 Å². The quantitative estimate of drug-likeness (QED) is 0.728. The molecule has 4 rings (SSSR count). The molecular weight excluding hydrogens is 360 g/mol. The summed E-state index contributed by atoms with van der Waals surface area (Å²) in [6.45, 7) is 9.81. The summed E-state index contributed by atoms with van der Waals surface area (Å²) in [5, 5.41) is 20.2. The number of aliphatic hydroxyl groups excluding tert-OH is 2. The molecule has 158 valence electrons. The summed E-state index contributed by atoms with van der Waals surface area (Å²) in [6.07, 6.45) is 16.7. The maximum Gasteiger partial charge on any atom is 0.0945 e. The van der Waals surface area contributed by atoms with Crippen molar-refractivity contribution in [3.05, 3.63) is 54.2 Å². The summed E-state index contributed by atoms with van der Waals surface area (Å²) in [4.78, 5) is 4.20. The average Bonchev–Trinajstić information content (AvgIpc) is 3.31. The van der Waals surface area contributed by atoms with Crippen LogP contribution in [-0.2, 0) is 6.54 Å². The number of allylic oxidation sites excluding steroid dienone is 3. The number of imidazole rings is 1. The zero-order valence-corrected chi connectivity index (χ0v) is 17.9. The summed E-state index contributed by atoms with van der Waals surface area (Å²) >= 11 is 0. The molecule has 4 nitrogen and oxygen atoms in total. The van der Waals surface area contributed by atoms with Gasteiger partial charge in [-0.1, -0.05) is 43.7 Å². The van der Waals surface area contributed by atoms with Crippen molar-refractivity contribution >= 4 is 0 Å². The highest BCUT2D eigenvalue weighted by Gasteiger charge is 2.50. The summed E-state index contributed by atoms with van der Waals surface area (Å²) in [7, 11) is 0. The van der Waals surface area contributed by atoms with Crippen LogP contribution in [0.4, 0.5) is 0 Å². The fourth-order valence-corrected chi connectivity index (χ4v) is 6.49. The Morgan fingerprint density at radius 3 is 2.72 bits per heavy atom. The Morgan fingerprint density at radius 2 is 2.03 bits per heavy atom. The minimum atomic E-state index is -0.611. The van der Waals surface area contributed by atoms with Crippen molar-refractivity contribution in [3.63, 3.8) is 0 Å². The largest absolute Gasteiger partial charge is 0.388 e. The summed E-state index contributed by atoms with van der Waals surface area (Å²) < 4.78 is 2.22. The second kappa shape index (κ2) is 8.23. The van der Waals surface area contributed by atoms with Crippen LogP contribution in [0.3, 0.4) is 0 Å². The van der Waals surface area contributed by atoms with Gasteiger partial charge < -0.3 is 14.8 Å². The highest BCUT2D eigenvalue weighted by atomic mass is 16.3. The Balaban J connectivity index is 1.49. The monoisotopic (exact) mass is 396 g/mol. The molecule has 1 aromatic heterocycles. The second-order valence-corrected chi connectivity index (χ2v) is 9.91. The van der Waals surface area contributed by atoms with Gasteiger partial charge in [-0.2, -0.15) is 0 Å². The van der Waals surface area contributed by atoms with E-state index in [1.54, 1.807) is 5.57 Å². The van der Waals surface area contributed by atoms with E-state index in [0.29, 0.717) is 35.7 Å². The van der Waals surface area contributed by atoms with Gasteiger partial charge in [0.25, 0.3) is 0 Å². The number of rotatable bonds is 4. The van der Waals surface area contributed by atoms with Crippen LogP contribution >= 0.6 is 0 Å². The van der Waals surface area contributed by atoms with Crippen molar-refractivity contribution in [2.75, 3.05) is 0 Å². The van der Waals surface area contributed by atoms with E-state index < -0.39 is 12.2 Å². The van der Waals surface area contributed by atoms with E-state index in [-0.39, 0.29) is 0 Å². The molecule has 1 heterocycles. The molecule has 0 unspecified atom stereocenters. The molecule has 0 radical (unpaired) electrons. The lowest BCUT2D eigenvalue weighted by atomic mass is 9.61. The van der Waals surface area contributed by atoms with Crippen LogP contribution in [0, 0.1) is 23.2 Å². The van der Waals surface area contributed by atoms with Gasteiger partial charge >= 0.3 is 0 Å². The predicted molar refractivity (Wildman–Crippen MR) is 116 cm³/mol. The van der Waals surface area contributed by atoms with E-state index in [2.05, 4.69) is 48.3 Å². The molecular formula is C25H36N2O2. The van der Waals surface area contributed by atoms with Gasteiger partial charge in [0.05, 0.1) is 18.5 Å². The number of aromatic nitrogens is 2. The van der Waals surface area contributed by atoms with E-state index in [4.69, 9.17) is 0 Å². The van der Waals surface area contributed by atoms with Gasteiger partial charge in [-0.15, -0.1) is 0 Å². The second-order valence-electron chi connectivity index (χ2n) is 9.91. The minimum absolute atomic E-state index is 0.377. The summed E-state index contributed by atoms with van der Waals surface area (Å²) in [5.74, 6) is 2.05. The van der Waals surface area contributed by atoms with Crippen molar-refractivity contribution in [2.24, 2.45) is 23.2 Å². The van der Waals surface area contributed by atoms with Crippen molar-refractivity contribution < 1.29 is 10.2 Å². The van der Waals surface area contributed by atoms with Gasteiger partial charge in [0, 0.05) is 18.9 Å². The first-order valence-corrected chi connectivity index (χ1v) is 11.3. The summed E-state index contributed by atoms with van der Waals surface area (Å²) in [5.41, 5.74) is 3.66. The van der Waals surface area contributed by atoms with Crippen LogP contribution in [0.15, 0.2) is 54.2 Å². The Kier molecular flexibility index (Phi) is 5.85. The smallest absolute Gasteiger partial charge is 0.0945 e. The third-order valence-corrected chi connectivity index (χ3v) is 8.08. The van der Waals surface area contributed by atoms with Crippen LogP contribution in [0.2, 0.25) is 0 Å². The number of aliphatic hydroxyl groups is 2. The lowest BCUT2D eigenvalue weighted by molar-refractivity contribution is 0.0908. The maximum absolute atomic E-state index is 10.1. The molecule has 29 heavy (non-hydrogen) atoms. The number of fused-ring (bicyclic) bond motifs is 1. The average molecular weight is 397 g/mol. The maximum atomic E-state index is 10.1. The molecule has 6 atom stereocenters. The van der Waals surface area contributed by atoms with Gasteiger partial charge in [0.15, 0.2) is 0 Å².